The number of rotatable bonds is 4. The second-order valence-electron chi connectivity index (χ2n) is 9.08. The third-order valence-corrected chi connectivity index (χ3v) is 6.68. The van der Waals surface area contributed by atoms with Crippen LogP contribution < -0.4 is 0 Å². The summed E-state index contributed by atoms with van der Waals surface area (Å²) in [5.74, 6) is -0.404. The number of carbonyl (C=O) groups is 1. The molecule has 0 N–H and O–H groups in total. The maximum absolute atomic E-state index is 15.1. The van der Waals surface area contributed by atoms with Crippen molar-refractivity contribution >= 4 is 11.6 Å². The zero-order valence-electron chi connectivity index (χ0n) is 19.8. The highest BCUT2D eigenvalue weighted by Crippen LogP contribution is 2.28. The fourth-order valence-corrected chi connectivity index (χ4v) is 4.73. The third-order valence-electron chi connectivity index (χ3n) is 6.68. The van der Waals surface area contributed by atoms with Crippen molar-refractivity contribution in [1.82, 2.24) is 29.3 Å². The van der Waals surface area contributed by atoms with E-state index in [4.69, 9.17) is 0 Å². The molecule has 1 unspecified atom stereocenters. The predicted octanol–water partition coefficient (Wildman–Crippen LogP) is 4.90. The van der Waals surface area contributed by atoms with E-state index in [1.54, 1.807) is 27.5 Å². The van der Waals surface area contributed by atoms with Crippen molar-refractivity contribution in [2.75, 3.05) is 6.54 Å². The van der Waals surface area contributed by atoms with Gasteiger partial charge in [-0.1, -0.05) is 25.8 Å². The molecule has 1 atom stereocenters. The van der Waals surface area contributed by atoms with Crippen LogP contribution in [0.4, 0.5) is 4.39 Å². The number of halogens is 1. The number of aryl methyl sites for hydroxylation is 2. The van der Waals surface area contributed by atoms with Gasteiger partial charge in [-0.3, -0.25) is 9.48 Å². The average molecular weight is 461 g/mol. The maximum atomic E-state index is 15.1. The quantitative estimate of drug-likeness (QED) is 0.434. The average Bonchev–Trinajstić information content (AvgIpc) is 3.40. The second kappa shape index (κ2) is 9.00. The van der Waals surface area contributed by atoms with E-state index in [-0.39, 0.29) is 17.8 Å². The molecule has 7 nitrogen and oxygen atoms in total. The van der Waals surface area contributed by atoms with Crippen molar-refractivity contribution in [3.63, 3.8) is 0 Å². The Morgan fingerprint density at radius 2 is 2.00 bits per heavy atom. The number of likely N-dealkylation sites (tertiary alicyclic amines) is 1. The van der Waals surface area contributed by atoms with Gasteiger partial charge in [-0.05, 0) is 49.9 Å². The number of hydrogen-bond donors (Lipinski definition) is 0. The van der Waals surface area contributed by atoms with Gasteiger partial charge in [0.05, 0.1) is 11.9 Å². The van der Waals surface area contributed by atoms with E-state index < -0.39 is 0 Å². The molecule has 8 heteroatoms. The molecule has 176 valence electrons. The fraction of sp³-hybridized carbons (Fsp3) is 0.385. The topological polar surface area (TPSA) is 68.3 Å². The van der Waals surface area contributed by atoms with Crippen molar-refractivity contribution in [3.05, 3.63) is 59.9 Å². The molecule has 34 heavy (non-hydrogen) atoms. The predicted molar refractivity (Wildman–Crippen MR) is 129 cm³/mol. The van der Waals surface area contributed by atoms with E-state index in [1.165, 1.54) is 6.07 Å². The van der Waals surface area contributed by atoms with Crippen LogP contribution in [-0.2, 0) is 13.5 Å². The fourth-order valence-electron chi connectivity index (χ4n) is 4.73. The second-order valence-corrected chi connectivity index (χ2v) is 9.08. The van der Waals surface area contributed by atoms with E-state index in [0.29, 0.717) is 29.0 Å². The lowest BCUT2D eigenvalue weighted by Crippen LogP contribution is -2.38. The largest absolute Gasteiger partial charge is 0.335 e. The number of nitrogens with zero attached hydrogens (tertiary/aromatic N) is 6. The number of amides is 1. The minimum Gasteiger partial charge on any atom is -0.335 e. The number of benzene rings is 1. The van der Waals surface area contributed by atoms with Crippen LogP contribution in [0.3, 0.4) is 0 Å². The Kier molecular flexibility index (Phi) is 5.89. The third kappa shape index (κ3) is 4.08. The molecule has 1 amide bonds. The van der Waals surface area contributed by atoms with E-state index in [9.17, 15) is 4.79 Å². The molecule has 1 fully saturated rings. The molecule has 1 aliphatic rings. The number of carbonyl (C=O) groups excluding carboxylic acids is 1. The molecule has 0 saturated carbocycles. The molecule has 0 aliphatic carbocycles. The number of hydrogen-bond acceptors (Lipinski definition) is 4. The Bertz CT molecular complexity index is 1360. The highest BCUT2D eigenvalue weighted by molar-refractivity contribution is 5.93. The molecule has 0 spiro atoms. The summed E-state index contributed by atoms with van der Waals surface area (Å²) in [6.07, 6.45) is 8.57. The molecular formula is C26H29FN6O. The molecule has 1 saturated heterocycles. The summed E-state index contributed by atoms with van der Waals surface area (Å²) in [6.45, 7) is 4.88. The first-order chi connectivity index (χ1) is 16.4. The lowest BCUT2D eigenvalue weighted by atomic mass is 10.0. The normalized spacial score (nSPS) is 16.7. The lowest BCUT2D eigenvalue weighted by molar-refractivity contribution is 0.0692. The van der Waals surface area contributed by atoms with Gasteiger partial charge < -0.3 is 4.90 Å². The first kappa shape index (κ1) is 22.3. The van der Waals surface area contributed by atoms with Crippen LogP contribution >= 0.6 is 0 Å². The van der Waals surface area contributed by atoms with Crippen LogP contribution in [0.15, 0.2) is 42.7 Å². The Labute approximate surface area is 198 Å². The summed E-state index contributed by atoms with van der Waals surface area (Å²) in [5, 5.41) is 8.79. The van der Waals surface area contributed by atoms with Crippen LogP contribution in [0.25, 0.3) is 28.0 Å². The van der Waals surface area contributed by atoms with Gasteiger partial charge in [0, 0.05) is 48.7 Å². The summed E-state index contributed by atoms with van der Waals surface area (Å²) < 4.78 is 18.5. The Hall–Kier alpha value is -3.55. The summed E-state index contributed by atoms with van der Waals surface area (Å²) in [7, 11) is 1.83. The molecule has 0 bridgehead atoms. The monoisotopic (exact) mass is 460 g/mol. The van der Waals surface area contributed by atoms with Crippen LogP contribution in [0.2, 0.25) is 0 Å². The van der Waals surface area contributed by atoms with Crippen molar-refractivity contribution < 1.29 is 9.18 Å². The van der Waals surface area contributed by atoms with Gasteiger partial charge in [-0.15, -0.1) is 0 Å². The zero-order chi connectivity index (χ0) is 23.8. The molecule has 0 radical (unpaired) electrons. The zero-order valence-corrected chi connectivity index (χ0v) is 19.8. The maximum Gasteiger partial charge on any atom is 0.272 e. The van der Waals surface area contributed by atoms with Crippen LogP contribution in [0, 0.1) is 5.82 Å². The van der Waals surface area contributed by atoms with E-state index in [1.807, 2.05) is 37.2 Å². The molecule has 1 aliphatic heterocycles. The standard InChI is InChI=1S/C26H29FN6O/c1-4-20-13-24(26(34)32-11-7-5-6-8-17(32)2)29-25-14-23(30-33(20)25)21-10-9-18(12-22(21)27)19-15-28-31(3)16-19/h9-10,12-17H,4-8,11H2,1-3H3. The summed E-state index contributed by atoms with van der Waals surface area (Å²) in [5.41, 5.74) is 4.34. The van der Waals surface area contributed by atoms with Crippen molar-refractivity contribution in [3.8, 4) is 22.4 Å². The Morgan fingerprint density at radius 1 is 1.15 bits per heavy atom. The van der Waals surface area contributed by atoms with Gasteiger partial charge >= 0.3 is 0 Å². The first-order valence-electron chi connectivity index (χ1n) is 11.9. The summed E-state index contributed by atoms with van der Waals surface area (Å²) in [6, 6.07) is 8.88. The van der Waals surface area contributed by atoms with Gasteiger partial charge in [0.2, 0.25) is 0 Å². The van der Waals surface area contributed by atoms with Gasteiger partial charge in [-0.2, -0.15) is 10.2 Å². The van der Waals surface area contributed by atoms with Crippen LogP contribution in [0.5, 0.6) is 0 Å². The van der Waals surface area contributed by atoms with E-state index in [2.05, 4.69) is 22.1 Å². The van der Waals surface area contributed by atoms with E-state index in [0.717, 1.165) is 49.0 Å². The lowest BCUT2D eigenvalue weighted by Gasteiger charge is -2.27. The minimum absolute atomic E-state index is 0.0404. The highest BCUT2D eigenvalue weighted by Gasteiger charge is 2.25. The molecule has 5 rings (SSSR count). The Morgan fingerprint density at radius 3 is 2.74 bits per heavy atom. The number of aromatic nitrogens is 5. The van der Waals surface area contributed by atoms with Gasteiger partial charge in [0.1, 0.15) is 11.5 Å². The smallest absolute Gasteiger partial charge is 0.272 e. The minimum atomic E-state index is -0.363. The highest BCUT2D eigenvalue weighted by atomic mass is 19.1. The van der Waals surface area contributed by atoms with Gasteiger partial charge in [0.25, 0.3) is 5.91 Å². The SMILES string of the molecule is CCc1cc(C(=O)N2CCCCCC2C)nc2cc(-c3ccc(-c4cnn(C)c4)cc3F)nn12. The first-order valence-corrected chi connectivity index (χ1v) is 11.9. The summed E-state index contributed by atoms with van der Waals surface area (Å²) in [4.78, 5) is 19.9. The van der Waals surface area contributed by atoms with Crippen LogP contribution in [-0.4, -0.2) is 47.8 Å². The van der Waals surface area contributed by atoms with Crippen molar-refractivity contribution in [1.29, 1.82) is 0 Å². The summed E-state index contributed by atoms with van der Waals surface area (Å²) >= 11 is 0. The van der Waals surface area contributed by atoms with Gasteiger partial charge in [0.15, 0.2) is 5.65 Å². The molecule has 4 heterocycles. The van der Waals surface area contributed by atoms with Crippen LogP contribution in [0.1, 0.15) is 55.7 Å². The van der Waals surface area contributed by atoms with Crippen molar-refractivity contribution in [2.45, 2.75) is 52.0 Å². The Balaban J connectivity index is 1.51. The molecular weight excluding hydrogens is 431 g/mol. The van der Waals surface area contributed by atoms with Crippen molar-refractivity contribution in [2.24, 2.45) is 7.05 Å². The van der Waals surface area contributed by atoms with E-state index >= 15 is 4.39 Å². The molecule has 1 aromatic carbocycles. The van der Waals surface area contributed by atoms with Gasteiger partial charge in [-0.25, -0.2) is 13.9 Å². The molecule has 3 aromatic heterocycles. The molecule has 4 aromatic rings. The number of fused-ring (bicyclic) bond motifs is 1.